The van der Waals surface area contributed by atoms with E-state index in [0.29, 0.717) is 32.7 Å². The zero-order chi connectivity index (χ0) is 14.4. The van der Waals surface area contributed by atoms with Crippen LogP contribution in [-0.2, 0) is 4.79 Å². The van der Waals surface area contributed by atoms with Gasteiger partial charge in [0.15, 0.2) is 0 Å². The molecule has 1 saturated heterocycles. The van der Waals surface area contributed by atoms with Crippen molar-refractivity contribution in [1.29, 1.82) is 0 Å². The first kappa shape index (κ1) is 15.7. The van der Waals surface area contributed by atoms with Crippen LogP contribution in [0.3, 0.4) is 0 Å². The zero-order valence-corrected chi connectivity index (χ0v) is 11.6. The Balaban J connectivity index is 2.36. The van der Waals surface area contributed by atoms with Crippen molar-refractivity contribution < 1.29 is 19.8 Å². The topological polar surface area (TPSA) is 84.3 Å². The summed E-state index contributed by atoms with van der Waals surface area (Å²) in [6.07, 6.45) is 0.134. The third kappa shape index (κ3) is 4.68. The third-order valence-corrected chi connectivity index (χ3v) is 3.51. The van der Waals surface area contributed by atoms with Gasteiger partial charge in [0.2, 0.25) is 0 Å². The molecule has 1 aliphatic heterocycles. The third-order valence-electron chi connectivity index (χ3n) is 3.51. The molecule has 1 fully saturated rings. The van der Waals surface area contributed by atoms with Crippen molar-refractivity contribution in [3.8, 4) is 0 Å². The van der Waals surface area contributed by atoms with Crippen LogP contribution < -0.4 is 0 Å². The van der Waals surface area contributed by atoms with Crippen molar-refractivity contribution in [3.63, 3.8) is 0 Å². The number of piperazine rings is 1. The normalized spacial score (nSPS) is 18.2. The summed E-state index contributed by atoms with van der Waals surface area (Å²) in [5, 5.41) is 17.7. The van der Waals surface area contributed by atoms with E-state index in [1.165, 1.54) is 4.90 Å². The molecule has 1 unspecified atom stereocenters. The standard InChI is InChI=1S/C12H23N3O4/c1-10(9-16)13(2)12(19)15-7-5-14(6-8-15)4-3-11(17)18/h10,16H,3-9H2,1-2H3,(H,17,18). The van der Waals surface area contributed by atoms with Gasteiger partial charge in [0, 0.05) is 39.8 Å². The fourth-order valence-electron chi connectivity index (χ4n) is 1.95. The minimum absolute atomic E-state index is 0.0547. The first-order chi connectivity index (χ1) is 8.95. The van der Waals surface area contributed by atoms with Gasteiger partial charge in [0.25, 0.3) is 0 Å². The summed E-state index contributed by atoms with van der Waals surface area (Å²) in [5.41, 5.74) is 0. The SMILES string of the molecule is CC(CO)N(C)C(=O)N1CCN(CCC(=O)O)CC1. The summed E-state index contributed by atoms with van der Waals surface area (Å²) in [6, 6.07) is -0.281. The molecule has 0 aromatic heterocycles. The van der Waals surface area contributed by atoms with Crippen LogP contribution in [0, 0.1) is 0 Å². The van der Waals surface area contributed by atoms with Crippen molar-refractivity contribution in [2.45, 2.75) is 19.4 Å². The molecule has 0 aromatic rings. The number of rotatable bonds is 5. The summed E-state index contributed by atoms with van der Waals surface area (Å²) in [4.78, 5) is 27.9. The number of amides is 2. The number of aliphatic carboxylic acids is 1. The van der Waals surface area contributed by atoms with Crippen LogP contribution in [0.1, 0.15) is 13.3 Å². The van der Waals surface area contributed by atoms with Gasteiger partial charge < -0.3 is 20.0 Å². The minimum Gasteiger partial charge on any atom is -0.481 e. The second-order valence-electron chi connectivity index (χ2n) is 4.90. The maximum absolute atomic E-state index is 12.1. The molecule has 0 saturated carbocycles. The van der Waals surface area contributed by atoms with Gasteiger partial charge in [-0.15, -0.1) is 0 Å². The van der Waals surface area contributed by atoms with Gasteiger partial charge in [-0.25, -0.2) is 4.79 Å². The van der Waals surface area contributed by atoms with Gasteiger partial charge in [-0.05, 0) is 6.92 Å². The van der Waals surface area contributed by atoms with Crippen LogP contribution in [-0.4, -0.2) is 89.3 Å². The van der Waals surface area contributed by atoms with Crippen LogP contribution in [0.25, 0.3) is 0 Å². The lowest BCUT2D eigenvalue weighted by Gasteiger charge is -2.37. The summed E-state index contributed by atoms with van der Waals surface area (Å²) in [5.74, 6) is -0.796. The van der Waals surface area contributed by atoms with Gasteiger partial charge in [-0.1, -0.05) is 0 Å². The Bertz CT molecular complexity index is 316. The molecule has 0 aliphatic carbocycles. The lowest BCUT2D eigenvalue weighted by Crippen LogP contribution is -2.54. The van der Waals surface area contributed by atoms with Crippen LogP contribution in [0.5, 0.6) is 0 Å². The monoisotopic (exact) mass is 273 g/mol. The van der Waals surface area contributed by atoms with Crippen molar-refractivity contribution in [2.24, 2.45) is 0 Å². The number of likely N-dealkylation sites (N-methyl/N-ethyl adjacent to an activating group) is 1. The number of nitrogens with zero attached hydrogens (tertiary/aromatic N) is 3. The molecule has 0 bridgehead atoms. The molecule has 7 nitrogen and oxygen atoms in total. The van der Waals surface area contributed by atoms with E-state index in [-0.39, 0.29) is 25.1 Å². The van der Waals surface area contributed by atoms with Gasteiger partial charge in [0.05, 0.1) is 19.1 Å². The fraction of sp³-hybridized carbons (Fsp3) is 0.833. The van der Waals surface area contributed by atoms with Crippen molar-refractivity contribution >= 4 is 12.0 Å². The number of hydrogen-bond acceptors (Lipinski definition) is 4. The Morgan fingerprint density at radius 3 is 2.32 bits per heavy atom. The van der Waals surface area contributed by atoms with E-state index in [4.69, 9.17) is 10.2 Å². The van der Waals surface area contributed by atoms with E-state index in [0.717, 1.165) is 0 Å². The van der Waals surface area contributed by atoms with E-state index < -0.39 is 5.97 Å². The van der Waals surface area contributed by atoms with Crippen LogP contribution >= 0.6 is 0 Å². The molecule has 1 heterocycles. The molecule has 2 amide bonds. The van der Waals surface area contributed by atoms with E-state index in [1.807, 2.05) is 4.90 Å². The summed E-state index contributed by atoms with van der Waals surface area (Å²) >= 11 is 0. The molecule has 1 aliphatic rings. The zero-order valence-electron chi connectivity index (χ0n) is 11.6. The van der Waals surface area contributed by atoms with Gasteiger partial charge in [0.1, 0.15) is 0 Å². The maximum Gasteiger partial charge on any atom is 0.320 e. The van der Waals surface area contributed by atoms with E-state index in [1.54, 1.807) is 18.9 Å². The summed E-state index contributed by atoms with van der Waals surface area (Å²) < 4.78 is 0. The predicted molar refractivity (Wildman–Crippen MR) is 70.0 cm³/mol. The van der Waals surface area contributed by atoms with Crippen LogP contribution in [0.4, 0.5) is 4.79 Å². The number of carbonyl (C=O) groups excluding carboxylic acids is 1. The Hall–Kier alpha value is -1.34. The lowest BCUT2D eigenvalue weighted by atomic mass is 10.3. The second-order valence-corrected chi connectivity index (χ2v) is 4.90. The lowest BCUT2D eigenvalue weighted by molar-refractivity contribution is -0.137. The largest absolute Gasteiger partial charge is 0.481 e. The fourth-order valence-corrected chi connectivity index (χ4v) is 1.95. The van der Waals surface area contributed by atoms with Gasteiger partial charge in [-0.3, -0.25) is 9.69 Å². The molecule has 2 N–H and O–H groups in total. The predicted octanol–water partition coefficient (Wildman–Crippen LogP) is -0.489. The molecule has 0 aromatic carbocycles. The van der Waals surface area contributed by atoms with Crippen LogP contribution in [0.2, 0.25) is 0 Å². The van der Waals surface area contributed by atoms with Gasteiger partial charge >= 0.3 is 12.0 Å². The molecular weight excluding hydrogens is 250 g/mol. The number of urea groups is 1. The number of hydrogen-bond donors (Lipinski definition) is 2. The molecule has 110 valence electrons. The first-order valence-electron chi connectivity index (χ1n) is 6.52. The van der Waals surface area contributed by atoms with E-state index in [2.05, 4.69) is 0 Å². The maximum atomic E-state index is 12.1. The minimum atomic E-state index is -0.796. The van der Waals surface area contributed by atoms with Crippen molar-refractivity contribution in [1.82, 2.24) is 14.7 Å². The number of carboxylic acid groups (broad SMARTS) is 1. The number of carbonyl (C=O) groups is 2. The Kier molecular flexibility index (Phi) is 6.04. The smallest absolute Gasteiger partial charge is 0.320 e. The molecule has 0 spiro atoms. The molecule has 7 heteroatoms. The summed E-state index contributed by atoms with van der Waals surface area (Å²) in [7, 11) is 1.68. The Labute approximate surface area is 113 Å². The van der Waals surface area contributed by atoms with E-state index >= 15 is 0 Å². The van der Waals surface area contributed by atoms with Gasteiger partial charge in [-0.2, -0.15) is 0 Å². The summed E-state index contributed by atoms with van der Waals surface area (Å²) in [6.45, 7) is 4.85. The average Bonchev–Trinajstić information content (AvgIpc) is 2.43. The molecule has 1 atom stereocenters. The highest BCUT2D eigenvalue weighted by Gasteiger charge is 2.25. The van der Waals surface area contributed by atoms with Crippen molar-refractivity contribution in [3.05, 3.63) is 0 Å². The second kappa shape index (κ2) is 7.30. The highest BCUT2D eigenvalue weighted by Crippen LogP contribution is 2.07. The molecular formula is C12H23N3O4. The Morgan fingerprint density at radius 2 is 1.84 bits per heavy atom. The highest BCUT2D eigenvalue weighted by molar-refractivity contribution is 5.74. The molecule has 1 rings (SSSR count). The number of aliphatic hydroxyl groups excluding tert-OH is 1. The molecule has 19 heavy (non-hydrogen) atoms. The average molecular weight is 273 g/mol. The number of carboxylic acids is 1. The van der Waals surface area contributed by atoms with Crippen molar-refractivity contribution in [2.75, 3.05) is 46.4 Å². The van der Waals surface area contributed by atoms with E-state index in [9.17, 15) is 9.59 Å². The highest BCUT2D eigenvalue weighted by atomic mass is 16.4. The Morgan fingerprint density at radius 1 is 1.26 bits per heavy atom. The first-order valence-corrected chi connectivity index (χ1v) is 6.52. The molecule has 0 radical (unpaired) electrons. The van der Waals surface area contributed by atoms with Crippen LogP contribution in [0.15, 0.2) is 0 Å². The quantitative estimate of drug-likeness (QED) is 0.706. The number of aliphatic hydroxyl groups is 1.